The van der Waals surface area contributed by atoms with E-state index in [1.807, 2.05) is 11.8 Å². The van der Waals surface area contributed by atoms with Crippen LogP contribution in [0.4, 0.5) is 4.39 Å². The Kier molecular flexibility index (Phi) is 3.81. The summed E-state index contributed by atoms with van der Waals surface area (Å²) in [5.41, 5.74) is 0.701. The van der Waals surface area contributed by atoms with E-state index in [4.69, 9.17) is 9.84 Å². The molecule has 98 valence electrons. The first-order chi connectivity index (χ1) is 8.61. The van der Waals surface area contributed by atoms with Crippen LogP contribution < -0.4 is 4.74 Å². The van der Waals surface area contributed by atoms with Gasteiger partial charge in [-0.25, -0.2) is 4.39 Å². The maximum atomic E-state index is 13.2. The summed E-state index contributed by atoms with van der Waals surface area (Å²) < 4.78 is 18.7. The fourth-order valence-corrected chi connectivity index (χ4v) is 2.24. The van der Waals surface area contributed by atoms with E-state index in [1.165, 1.54) is 12.1 Å². The van der Waals surface area contributed by atoms with Crippen LogP contribution in [0.3, 0.4) is 0 Å². The van der Waals surface area contributed by atoms with E-state index in [9.17, 15) is 9.18 Å². The summed E-state index contributed by atoms with van der Waals surface area (Å²) in [6.07, 6.45) is 0.514. The van der Waals surface area contributed by atoms with Crippen LogP contribution in [-0.4, -0.2) is 35.2 Å². The van der Waals surface area contributed by atoms with Crippen LogP contribution in [0, 0.1) is 5.82 Å². The van der Waals surface area contributed by atoms with Gasteiger partial charge in [0.05, 0.1) is 0 Å². The van der Waals surface area contributed by atoms with E-state index in [0.717, 1.165) is 0 Å². The summed E-state index contributed by atoms with van der Waals surface area (Å²) in [6, 6.07) is 3.80. The van der Waals surface area contributed by atoms with Crippen LogP contribution in [-0.2, 0) is 11.3 Å². The van der Waals surface area contributed by atoms with Gasteiger partial charge in [-0.05, 0) is 24.6 Å². The van der Waals surface area contributed by atoms with Crippen LogP contribution in [0.15, 0.2) is 18.2 Å². The second-order valence-electron chi connectivity index (χ2n) is 4.33. The average molecular weight is 253 g/mol. The molecule has 1 aromatic rings. The molecule has 0 aliphatic carbocycles. The minimum atomic E-state index is -0.850. The number of ether oxygens (including phenoxy) is 1. The van der Waals surface area contributed by atoms with Gasteiger partial charge in [-0.15, -0.1) is 0 Å². The van der Waals surface area contributed by atoms with E-state index < -0.39 is 12.0 Å². The van der Waals surface area contributed by atoms with Crippen molar-refractivity contribution in [2.45, 2.75) is 25.9 Å². The lowest BCUT2D eigenvalue weighted by atomic mass is 10.1. The lowest BCUT2D eigenvalue weighted by molar-refractivity contribution is -0.143. The summed E-state index contributed by atoms with van der Waals surface area (Å²) in [7, 11) is 0. The van der Waals surface area contributed by atoms with Crippen molar-refractivity contribution < 1.29 is 19.0 Å². The molecule has 2 rings (SSSR count). The second kappa shape index (κ2) is 5.35. The molecule has 18 heavy (non-hydrogen) atoms. The molecule has 0 saturated carbocycles. The van der Waals surface area contributed by atoms with Crippen LogP contribution >= 0.6 is 0 Å². The van der Waals surface area contributed by atoms with E-state index in [-0.39, 0.29) is 5.82 Å². The average Bonchev–Trinajstić information content (AvgIpc) is 2.51. The predicted octanol–water partition coefficient (Wildman–Crippen LogP) is 1.88. The minimum Gasteiger partial charge on any atom is -0.492 e. The summed E-state index contributed by atoms with van der Waals surface area (Å²) >= 11 is 0. The molecule has 0 amide bonds. The molecule has 1 atom stereocenters. The molecular formula is C13H16FNO3. The number of carboxylic acid groups (broad SMARTS) is 1. The van der Waals surface area contributed by atoms with Crippen LogP contribution in [0.25, 0.3) is 0 Å². The van der Waals surface area contributed by atoms with Gasteiger partial charge < -0.3 is 9.84 Å². The van der Waals surface area contributed by atoms with Crippen LogP contribution in [0.1, 0.15) is 18.9 Å². The summed E-state index contributed by atoms with van der Waals surface area (Å²) in [5, 5.41) is 9.16. The van der Waals surface area contributed by atoms with Crippen molar-refractivity contribution in [2.24, 2.45) is 0 Å². The predicted molar refractivity (Wildman–Crippen MR) is 64.0 cm³/mol. The van der Waals surface area contributed by atoms with Gasteiger partial charge in [-0.1, -0.05) is 6.92 Å². The second-order valence-corrected chi connectivity index (χ2v) is 4.33. The smallest absolute Gasteiger partial charge is 0.320 e. The Morgan fingerprint density at radius 1 is 1.61 bits per heavy atom. The molecule has 1 aliphatic rings. The highest BCUT2D eigenvalue weighted by Gasteiger charge is 2.26. The number of nitrogens with zero attached hydrogens (tertiary/aromatic N) is 1. The molecule has 1 N–H and O–H groups in total. The third kappa shape index (κ3) is 2.61. The zero-order chi connectivity index (χ0) is 13.1. The van der Waals surface area contributed by atoms with Gasteiger partial charge in [0.1, 0.15) is 24.2 Å². The number of rotatable bonds is 3. The Labute approximate surface area is 105 Å². The molecule has 0 radical (unpaired) electrons. The zero-order valence-electron chi connectivity index (χ0n) is 10.2. The van der Waals surface area contributed by atoms with Crippen LogP contribution in [0.5, 0.6) is 5.75 Å². The minimum absolute atomic E-state index is 0.331. The number of hydrogen-bond acceptors (Lipinski definition) is 3. The van der Waals surface area contributed by atoms with Crippen molar-refractivity contribution in [1.29, 1.82) is 0 Å². The third-order valence-corrected chi connectivity index (χ3v) is 3.14. The van der Waals surface area contributed by atoms with Gasteiger partial charge >= 0.3 is 5.97 Å². The number of carbonyl (C=O) groups is 1. The summed E-state index contributed by atoms with van der Waals surface area (Å²) in [6.45, 7) is 3.18. The van der Waals surface area contributed by atoms with E-state index in [2.05, 4.69) is 0 Å². The topological polar surface area (TPSA) is 49.8 Å². The molecule has 0 fully saturated rings. The van der Waals surface area contributed by atoms with Crippen molar-refractivity contribution in [1.82, 2.24) is 4.90 Å². The van der Waals surface area contributed by atoms with Gasteiger partial charge in [-0.2, -0.15) is 0 Å². The SMILES string of the molecule is CCC(C(=O)O)N1CCOc2ccc(F)cc2C1. The number of fused-ring (bicyclic) bond motifs is 1. The van der Waals surface area contributed by atoms with Crippen molar-refractivity contribution in [3.63, 3.8) is 0 Å². The Morgan fingerprint density at radius 3 is 3.06 bits per heavy atom. The lowest BCUT2D eigenvalue weighted by Gasteiger charge is -2.25. The van der Waals surface area contributed by atoms with Crippen molar-refractivity contribution in [2.75, 3.05) is 13.2 Å². The quantitative estimate of drug-likeness (QED) is 0.893. The zero-order valence-corrected chi connectivity index (χ0v) is 10.2. The summed E-state index contributed by atoms with van der Waals surface area (Å²) in [5.74, 6) is -0.543. The third-order valence-electron chi connectivity index (χ3n) is 3.14. The molecular weight excluding hydrogens is 237 g/mol. The fourth-order valence-electron chi connectivity index (χ4n) is 2.24. The number of hydrogen-bond donors (Lipinski definition) is 1. The number of carboxylic acids is 1. The molecule has 1 heterocycles. The first kappa shape index (κ1) is 12.8. The molecule has 4 nitrogen and oxygen atoms in total. The number of aliphatic carboxylic acids is 1. The Hall–Kier alpha value is -1.62. The first-order valence-corrected chi connectivity index (χ1v) is 6.00. The Morgan fingerprint density at radius 2 is 2.39 bits per heavy atom. The summed E-state index contributed by atoms with van der Waals surface area (Å²) in [4.78, 5) is 13.0. The molecule has 0 bridgehead atoms. The van der Waals surface area contributed by atoms with E-state index in [0.29, 0.717) is 37.4 Å². The van der Waals surface area contributed by atoms with Gasteiger partial charge in [0.15, 0.2) is 0 Å². The maximum absolute atomic E-state index is 13.2. The number of halogens is 1. The van der Waals surface area contributed by atoms with Crippen molar-refractivity contribution in [3.8, 4) is 5.75 Å². The maximum Gasteiger partial charge on any atom is 0.320 e. The van der Waals surface area contributed by atoms with Crippen molar-refractivity contribution >= 4 is 5.97 Å². The van der Waals surface area contributed by atoms with Crippen LogP contribution in [0.2, 0.25) is 0 Å². The van der Waals surface area contributed by atoms with Gasteiger partial charge in [-0.3, -0.25) is 9.69 Å². The largest absolute Gasteiger partial charge is 0.492 e. The normalized spacial score (nSPS) is 17.4. The molecule has 0 aromatic heterocycles. The molecule has 0 saturated heterocycles. The van der Waals surface area contributed by atoms with Gasteiger partial charge in [0.25, 0.3) is 0 Å². The highest BCUT2D eigenvalue weighted by molar-refractivity contribution is 5.73. The molecule has 1 aliphatic heterocycles. The lowest BCUT2D eigenvalue weighted by Crippen LogP contribution is -2.41. The Balaban J connectivity index is 2.25. The highest BCUT2D eigenvalue weighted by Crippen LogP contribution is 2.25. The fraction of sp³-hybridized carbons (Fsp3) is 0.462. The first-order valence-electron chi connectivity index (χ1n) is 6.00. The van der Waals surface area contributed by atoms with Gasteiger partial charge in [0, 0.05) is 18.7 Å². The van der Waals surface area contributed by atoms with Crippen molar-refractivity contribution in [3.05, 3.63) is 29.6 Å². The molecule has 5 heteroatoms. The Bertz CT molecular complexity index is 450. The molecule has 1 unspecified atom stereocenters. The standard InChI is InChI=1S/C13H16FNO3/c1-2-11(13(16)17)15-5-6-18-12-4-3-10(14)7-9(12)8-15/h3-4,7,11H,2,5-6,8H2,1H3,(H,16,17). The molecule has 1 aromatic carbocycles. The number of benzene rings is 1. The van der Waals surface area contributed by atoms with Gasteiger partial charge in [0.2, 0.25) is 0 Å². The van der Waals surface area contributed by atoms with E-state index >= 15 is 0 Å². The van der Waals surface area contributed by atoms with E-state index in [1.54, 1.807) is 6.07 Å². The monoisotopic (exact) mass is 253 g/mol. The molecule has 0 spiro atoms. The highest BCUT2D eigenvalue weighted by atomic mass is 19.1.